The monoisotopic (exact) mass is 379 g/mol. The first-order chi connectivity index (χ1) is 13.7. The fraction of sp³-hybridized carbons (Fsp3) is 0.364. The number of ether oxygens (including phenoxy) is 2. The fourth-order valence-corrected chi connectivity index (χ4v) is 3.38. The molecule has 0 radical (unpaired) electrons. The minimum atomic E-state index is -0.0623. The van der Waals surface area contributed by atoms with E-state index in [1.54, 1.807) is 24.2 Å². The first-order valence-electron chi connectivity index (χ1n) is 9.75. The van der Waals surface area contributed by atoms with Gasteiger partial charge in [0.15, 0.2) is 11.5 Å². The summed E-state index contributed by atoms with van der Waals surface area (Å²) in [7, 11) is 1.80. The molecule has 0 unspecified atom stereocenters. The topological polar surface area (TPSA) is 67.5 Å². The Labute approximate surface area is 164 Å². The first-order valence-corrected chi connectivity index (χ1v) is 9.75. The number of H-pyrrole nitrogens is 1. The summed E-state index contributed by atoms with van der Waals surface area (Å²) in [5.74, 6) is 1.28. The van der Waals surface area contributed by atoms with E-state index in [0.717, 1.165) is 29.3 Å². The lowest BCUT2D eigenvalue weighted by molar-refractivity contribution is 0.0784. The highest BCUT2D eigenvalue weighted by molar-refractivity contribution is 5.95. The number of carbonyl (C=O) groups excluding carboxylic acids is 1. The number of aromatic nitrogens is 2. The van der Waals surface area contributed by atoms with E-state index >= 15 is 0 Å². The zero-order valence-corrected chi connectivity index (χ0v) is 16.3. The number of benzene rings is 2. The predicted octanol–water partition coefficient (Wildman–Crippen LogP) is 4.17. The molecule has 0 bridgehead atoms. The summed E-state index contributed by atoms with van der Waals surface area (Å²) in [6, 6.07) is 11.4. The van der Waals surface area contributed by atoms with Crippen molar-refractivity contribution in [3.63, 3.8) is 0 Å². The molecule has 1 aromatic heterocycles. The molecule has 1 heterocycles. The smallest absolute Gasteiger partial charge is 0.254 e. The molecule has 1 N–H and O–H groups in total. The molecule has 4 rings (SSSR count). The van der Waals surface area contributed by atoms with Crippen LogP contribution in [0.3, 0.4) is 0 Å². The third-order valence-electron chi connectivity index (χ3n) is 5.15. The molecular weight excluding hydrogens is 354 g/mol. The van der Waals surface area contributed by atoms with E-state index < -0.39 is 0 Å². The number of nitrogens with one attached hydrogen (secondary N) is 1. The van der Waals surface area contributed by atoms with Crippen LogP contribution in [0.2, 0.25) is 0 Å². The molecule has 0 saturated heterocycles. The number of hydrogen-bond acceptors (Lipinski definition) is 4. The molecule has 1 fully saturated rings. The third-order valence-corrected chi connectivity index (χ3v) is 5.15. The van der Waals surface area contributed by atoms with Crippen LogP contribution in [0.4, 0.5) is 0 Å². The quantitative estimate of drug-likeness (QED) is 0.669. The minimum absolute atomic E-state index is 0.0623. The summed E-state index contributed by atoms with van der Waals surface area (Å²) in [6.07, 6.45) is 5.41. The lowest BCUT2D eigenvalue weighted by Gasteiger charge is -2.27. The highest BCUT2D eigenvalue weighted by Gasteiger charge is 2.22. The van der Waals surface area contributed by atoms with Crippen LogP contribution >= 0.6 is 0 Å². The van der Waals surface area contributed by atoms with E-state index in [0.29, 0.717) is 30.2 Å². The predicted molar refractivity (Wildman–Crippen MR) is 108 cm³/mol. The lowest BCUT2D eigenvalue weighted by Crippen LogP contribution is -2.27. The average molecular weight is 379 g/mol. The van der Waals surface area contributed by atoms with E-state index in [-0.39, 0.29) is 12.0 Å². The van der Waals surface area contributed by atoms with Crippen molar-refractivity contribution in [3.05, 3.63) is 53.7 Å². The highest BCUT2D eigenvalue weighted by atomic mass is 16.5. The molecule has 0 aliphatic heterocycles. The number of hydrogen-bond donors (Lipinski definition) is 1. The Bertz CT molecular complexity index is 978. The van der Waals surface area contributed by atoms with E-state index in [4.69, 9.17) is 9.47 Å². The molecule has 6 heteroatoms. The maximum absolute atomic E-state index is 13.0. The molecule has 28 heavy (non-hydrogen) atoms. The maximum atomic E-state index is 13.0. The van der Waals surface area contributed by atoms with Gasteiger partial charge in [-0.25, -0.2) is 0 Å². The molecule has 2 aromatic carbocycles. The van der Waals surface area contributed by atoms with Crippen molar-refractivity contribution in [2.45, 2.75) is 38.8 Å². The number of nitrogens with zero attached hydrogens (tertiary/aromatic N) is 2. The summed E-state index contributed by atoms with van der Waals surface area (Å²) < 4.78 is 11.7. The van der Waals surface area contributed by atoms with Crippen molar-refractivity contribution >= 4 is 16.8 Å². The SMILES string of the molecule is CCOc1cc(C(=O)N(C)Cc2cccc3cn[nH]c23)ccc1OC1CCC1. The van der Waals surface area contributed by atoms with Crippen LogP contribution in [0.25, 0.3) is 10.9 Å². The molecule has 0 spiro atoms. The fourth-order valence-electron chi connectivity index (χ4n) is 3.38. The van der Waals surface area contributed by atoms with Crippen molar-refractivity contribution in [3.8, 4) is 11.5 Å². The van der Waals surface area contributed by atoms with E-state index in [9.17, 15) is 4.79 Å². The van der Waals surface area contributed by atoms with Gasteiger partial charge < -0.3 is 14.4 Å². The van der Waals surface area contributed by atoms with Gasteiger partial charge in [0.2, 0.25) is 0 Å². The molecule has 1 saturated carbocycles. The second-order valence-electron chi connectivity index (χ2n) is 7.18. The minimum Gasteiger partial charge on any atom is -0.490 e. The average Bonchev–Trinajstić information content (AvgIpc) is 3.15. The number of rotatable bonds is 7. The van der Waals surface area contributed by atoms with Crippen molar-refractivity contribution in [1.82, 2.24) is 15.1 Å². The first kappa shape index (κ1) is 18.3. The Hall–Kier alpha value is -3.02. The molecule has 3 aromatic rings. The van der Waals surface area contributed by atoms with Crippen LogP contribution in [0.5, 0.6) is 11.5 Å². The second kappa shape index (κ2) is 7.92. The molecule has 0 atom stereocenters. The molecule has 6 nitrogen and oxygen atoms in total. The standard InChI is InChI=1S/C22H25N3O3/c1-3-27-20-12-15(10-11-19(20)28-18-8-5-9-18)22(26)25(2)14-17-7-4-6-16-13-23-24-21(16)17/h4,6-7,10-13,18H,3,5,8-9,14H2,1-2H3,(H,23,24). The van der Waals surface area contributed by atoms with Gasteiger partial charge in [-0.15, -0.1) is 0 Å². The Kier molecular flexibility index (Phi) is 5.19. The largest absolute Gasteiger partial charge is 0.490 e. The zero-order valence-electron chi connectivity index (χ0n) is 16.3. The van der Waals surface area contributed by atoms with Gasteiger partial charge in [-0.3, -0.25) is 9.89 Å². The zero-order chi connectivity index (χ0) is 19.5. The Morgan fingerprint density at radius 2 is 2.11 bits per heavy atom. The van der Waals surface area contributed by atoms with Gasteiger partial charge in [-0.05, 0) is 49.9 Å². The van der Waals surface area contributed by atoms with Crippen LogP contribution in [0.15, 0.2) is 42.6 Å². The van der Waals surface area contributed by atoms with Gasteiger partial charge in [0.1, 0.15) is 0 Å². The Balaban J connectivity index is 1.52. The van der Waals surface area contributed by atoms with Crippen LogP contribution in [0, 0.1) is 0 Å². The van der Waals surface area contributed by atoms with Crippen molar-refractivity contribution in [1.29, 1.82) is 0 Å². The summed E-state index contributed by atoms with van der Waals surface area (Å²) in [4.78, 5) is 14.7. The van der Waals surface area contributed by atoms with E-state index in [1.807, 2.05) is 37.3 Å². The van der Waals surface area contributed by atoms with Crippen LogP contribution < -0.4 is 9.47 Å². The number of carbonyl (C=O) groups is 1. The molecule has 1 aliphatic carbocycles. The summed E-state index contributed by atoms with van der Waals surface area (Å²) in [5, 5.41) is 8.14. The van der Waals surface area contributed by atoms with Crippen LogP contribution in [0.1, 0.15) is 42.1 Å². The molecule has 1 aliphatic rings. The molecular formula is C22H25N3O3. The Morgan fingerprint density at radius 1 is 1.25 bits per heavy atom. The summed E-state index contributed by atoms with van der Waals surface area (Å²) in [6.45, 7) is 2.94. The van der Waals surface area contributed by atoms with Crippen molar-refractivity contribution < 1.29 is 14.3 Å². The summed E-state index contributed by atoms with van der Waals surface area (Å²) >= 11 is 0. The van der Waals surface area contributed by atoms with Crippen LogP contribution in [-0.2, 0) is 6.54 Å². The van der Waals surface area contributed by atoms with E-state index in [1.165, 1.54) is 6.42 Å². The lowest BCUT2D eigenvalue weighted by atomic mass is 9.96. The Morgan fingerprint density at radius 3 is 2.86 bits per heavy atom. The van der Waals surface area contributed by atoms with Gasteiger partial charge in [-0.1, -0.05) is 18.2 Å². The second-order valence-corrected chi connectivity index (χ2v) is 7.18. The van der Waals surface area contributed by atoms with Crippen molar-refractivity contribution in [2.24, 2.45) is 0 Å². The third kappa shape index (κ3) is 3.67. The van der Waals surface area contributed by atoms with Gasteiger partial charge in [0.25, 0.3) is 5.91 Å². The van der Waals surface area contributed by atoms with E-state index in [2.05, 4.69) is 10.2 Å². The maximum Gasteiger partial charge on any atom is 0.254 e. The number of aromatic amines is 1. The normalized spacial score (nSPS) is 13.9. The van der Waals surface area contributed by atoms with Crippen LogP contribution in [-0.4, -0.2) is 40.8 Å². The van der Waals surface area contributed by atoms with Crippen molar-refractivity contribution in [2.75, 3.05) is 13.7 Å². The number of amides is 1. The molecule has 146 valence electrons. The van der Waals surface area contributed by atoms with Gasteiger partial charge in [0.05, 0.1) is 24.4 Å². The number of para-hydroxylation sites is 1. The van der Waals surface area contributed by atoms with Gasteiger partial charge >= 0.3 is 0 Å². The molecule has 1 amide bonds. The van der Waals surface area contributed by atoms with Gasteiger partial charge in [0, 0.05) is 24.5 Å². The number of fused-ring (bicyclic) bond motifs is 1. The van der Waals surface area contributed by atoms with Gasteiger partial charge in [-0.2, -0.15) is 5.10 Å². The summed E-state index contributed by atoms with van der Waals surface area (Å²) in [5.41, 5.74) is 2.57. The highest BCUT2D eigenvalue weighted by Crippen LogP contribution is 2.33.